The average Bonchev–Trinajstić information content (AvgIpc) is 2.20. The van der Waals surface area contributed by atoms with Gasteiger partial charge in [-0.25, -0.2) is 0 Å². The normalized spacial score (nSPS) is 9.27. The van der Waals surface area contributed by atoms with Gasteiger partial charge in [-0.3, -0.25) is 4.79 Å². The van der Waals surface area contributed by atoms with Gasteiger partial charge in [0.2, 0.25) is 0 Å². The largest absolute Gasteiger partial charge is 0.294 e. The summed E-state index contributed by atoms with van der Waals surface area (Å²) in [5.41, 5.74) is 1.33. The van der Waals surface area contributed by atoms with E-state index in [4.69, 9.17) is 11.6 Å². The van der Waals surface area contributed by atoms with E-state index in [1.165, 1.54) is 6.92 Å². The van der Waals surface area contributed by atoms with Crippen molar-refractivity contribution in [3.63, 3.8) is 0 Å². The van der Waals surface area contributed by atoms with Gasteiger partial charge in [0, 0.05) is 23.3 Å². The van der Waals surface area contributed by atoms with E-state index < -0.39 is 0 Å². The summed E-state index contributed by atoms with van der Waals surface area (Å²) in [4.78, 5) is 11.2. The number of ketones is 1. The van der Waals surface area contributed by atoms with E-state index in [0.29, 0.717) is 10.6 Å². The second kappa shape index (κ2) is 5.85. The summed E-state index contributed by atoms with van der Waals surface area (Å²) in [5.74, 6) is 6.61. The van der Waals surface area contributed by atoms with Crippen molar-refractivity contribution in [3.05, 3.63) is 34.3 Å². The SMILES string of the molecule is CC(=O)c1cc(C#CCCS)ccc1Cl. The monoisotopic (exact) mass is 238 g/mol. The van der Waals surface area contributed by atoms with Crippen LogP contribution >= 0.6 is 24.2 Å². The van der Waals surface area contributed by atoms with Crippen LogP contribution in [0.15, 0.2) is 18.2 Å². The fraction of sp³-hybridized carbons (Fsp3) is 0.250. The maximum Gasteiger partial charge on any atom is 0.161 e. The van der Waals surface area contributed by atoms with Crippen LogP contribution in [-0.4, -0.2) is 11.5 Å². The first-order chi connectivity index (χ1) is 7.15. The van der Waals surface area contributed by atoms with Crippen molar-refractivity contribution in [1.82, 2.24) is 0 Å². The van der Waals surface area contributed by atoms with Crippen LogP contribution in [0.3, 0.4) is 0 Å². The minimum Gasteiger partial charge on any atom is -0.294 e. The Kier molecular flexibility index (Phi) is 4.74. The summed E-state index contributed by atoms with van der Waals surface area (Å²) in [5, 5.41) is 0.474. The molecule has 0 heterocycles. The van der Waals surface area contributed by atoms with Gasteiger partial charge in [-0.1, -0.05) is 23.4 Å². The first-order valence-corrected chi connectivity index (χ1v) is 5.56. The van der Waals surface area contributed by atoms with Crippen molar-refractivity contribution in [2.45, 2.75) is 13.3 Å². The molecule has 1 aromatic rings. The fourth-order valence-electron chi connectivity index (χ4n) is 1.09. The van der Waals surface area contributed by atoms with Gasteiger partial charge < -0.3 is 0 Å². The highest BCUT2D eigenvalue weighted by atomic mass is 35.5. The lowest BCUT2D eigenvalue weighted by Crippen LogP contribution is -1.93. The number of hydrogen-bond donors (Lipinski definition) is 1. The van der Waals surface area contributed by atoms with Crippen LogP contribution in [0.4, 0.5) is 0 Å². The Hall–Kier alpha value is -0.910. The van der Waals surface area contributed by atoms with E-state index in [0.717, 1.165) is 17.7 Å². The molecule has 0 radical (unpaired) electrons. The molecule has 1 nitrogen and oxygen atoms in total. The van der Waals surface area contributed by atoms with E-state index >= 15 is 0 Å². The zero-order valence-corrected chi connectivity index (χ0v) is 10.0. The van der Waals surface area contributed by atoms with E-state index in [2.05, 4.69) is 24.5 Å². The van der Waals surface area contributed by atoms with Crippen LogP contribution in [0.25, 0.3) is 0 Å². The van der Waals surface area contributed by atoms with Crippen LogP contribution in [-0.2, 0) is 0 Å². The topological polar surface area (TPSA) is 17.1 Å². The molecule has 0 saturated heterocycles. The van der Waals surface area contributed by atoms with Gasteiger partial charge in [0.15, 0.2) is 5.78 Å². The Labute approximate surface area is 100 Å². The number of thiol groups is 1. The third-order valence-electron chi connectivity index (χ3n) is 1.82. The summed E-state index contributed by atoms with van der Waals surface area (Å²) >= 11 is 9.93. The number of hydrogen-bond acceptors (Lipinski definition) is 2. The Bertz CT molecular complexity index is 429. The molecule has 0 aliphatic rings. The van der Waals surface area contributed by atoms with Gasteiger partial charge in [0.05, 0.1) is 5.02 Å². The number of Topliss-reactive ketones (excluding diaryl/α,β-unsaturated/α-hetero) is 1. The maximum absolute atomic E-state index is 11.2. The van der Waals surface area contributed by atoms with Gasteiger partial charge in [-0.2, -0.15) is 12.6 Å². The lowest BCUT2D eigenvalue weighted by Gasteiger charge is -1.99. The average molecular weight is 239 g/mol. The van der Waals surface area contributed by atoms with E-state index in [9.17, 15) is 4.79 Å². The minimum atomic E-state index is -0.0437. The van der Waals surface area contributed by atoms with Gasteiger partial charge in [-0.05, 0) is 25.1 Å². The van der Waals surface area contributed by atoms with Crippen LogP contribution in [0.2, 0.25) is 5.02 Å². The summed E-state index contributed by atoms with van der Waals surface area (Å²) < 4.78 is 0. The molecule has 0 aliphatic carbocycles. The molecule has 0 atom stereocenters. The molecule has 15 heavy (non-hydrogen) atoms. The molecule has 0 unspecified atom stereocenters. The van der Waals surface area contributed by atoms with Gasteiger partial charge >= 0.3 is 0 Å². The smallest absolute Gasteiger partial charge is 0.161 e. The van der Waals surface area contributed by atoms with Gasteiger partial charge in [0.25, 0.3) is 0 Å². The van der Waals surface area contributed by atoms with Crippen molar-refractivity contribution in [3.8, 4) is 11.8 Å². The van der Waals surface area contributed by atoms with Gasteiger partial charge in [0.1, 0.15) is 0 Å². The third-order valence-corrected chi connectivity index (χ3v) is 2.37. The molecule has 78 valence electrons. The molecular weight excluding hydrogens is 228 g/mol. The molecule has 0 fully saturated rings. The molecule has 0 bridgehead atoms. The molecule has 0 aromatic heterocycles. The second-order valence-corrected chi connectivity index (χ2v) is 3.88. The van der Waals surface area contributed by atoms with E-state index in [-0.39, 0.29) is 5.78 Å². The lowest BCUT2D eigenvalue weighted by molar-refractivity contribution is 0.101. The number of benzene rings is 1. The van der Waals surface area contributed by atoms with Crippen molar-refractivity contribution in [2.75, 3.05) is 5.75 Å². The minimum absolute atomic E-state index is 0.0437. The van der Waals surface area contributed by atoms with Crippen LogP contribution in [0.1, 0.15) is 29.3 Å². The number of carbonyl (C=O) groups excluding carboxylic acids is 1. The molecule has 1 rings (SSSR count). The van der Waals surface area contributed by atoms with E-state index in [1.807, 2.05) is 0 Å². The lowest BCUT2D eigenvalue weighted by atomic mass is 10.1. The molecular formula is C12H11ClOS. The molecule has 3 heteroatoms. The third kappa shape index (κ3) is 3.62. The van der Waals surface area contributed by atoms with Crippen molar-refractivity contribution >= 4 is 30.0 Å². The van der Waals surface area contributed by atoms with E-state index in [1.54, 1.807) is 18.2 Å². The Balaban J connectivity index is 2.99. The first-order valence-electron chi connectivity index (χ1n) is 4.55. The standard InChI is InChI=1S/C12H11ClOS/c1-9(14)11-8-10(4-2-3-7-15)5-6-12(11)13/h5-6,8,15H,3,7H2,1H3. The highest BCUT2D eigenvalue weighted by Gasteiger charge is 2.05. The van der Waals surface area contributed by atoms with Crippen LogP contribution in [0, 0.1) is 11.8 Å². The molecule has 0 spiro atoms. The molecule has 0 amide bonds. The van der Waals surface area contributed by atoms with Crippen molar-refractivity contribution in [2.24, 2.45) is 0 Å². The van der Waals surface area contributed by atoms with Crippen molar-refractivity contribution < 1.29 is 4.79 Å². The predicted molar refractivity (Wildman–Crippen MR) is 66.8 cm³/mol. The molecule has 0 aliphatic heterocycles. The number of halogens is 1. The predicted octanol–water partition coefficient (Wildman–Crippen LogP) is 3.21. The summed E-state index contributed by atoms with van der Waals surface area (Å²) in [6, 6.07) is 5.22. The fourth-order valence-corrected chi connectivity index (χ4v) is 1.46. The van der Waals surface area contributed by atoms with Crippen LogP contribution in [0.5, 0.6) is 0 Å². The highest BCUT2D eigenvalue weighted by molar-refractivity contribution is 7.80. The molecule has 0 saturated carbocycles. The summed E-state index contributed by atoms with van der Waals surface area (Å²) in [6.45, 7) is 1.49. The second-order valence-electron chi connectivity index (χ2n) is 3.03. The zero-order chi connectivity index (χ0) is 11.3. The Morgan fingerprint density at radius 2 is 2.27 bits per heavy atom. The Morgan fingerprint density at radius 1 is 1.53 bits per heavy atom. The summed E-state index contributed by atoms with van der Waals surface area (Å²) in [6.07, 6.45) is 0.737. The summed E-state index contributed by atoms with van der Waals surface area (Å²) in [7, 11) is 0. The zero-order valence-electron chi connectivity index (χ0n) is 8.38. The number of carbonyl (C=O) groups is 1. The maximum atomic E-state index is 11.2. The van der Waals surface area contributed by atoms with Crippen LogP contribution < -0.4 is 0 Å². The molecule has 1 aromatic carbocycles. The molecule has 0 N–H and O–H groups in total. The first kappa shape index (κ1) is 12.2. The quantitative estimate of drug-likeness (QED) is 0.476. The highest BCUT2D eigenvalue weighted by Crippen LogP contribution is 2.17. The number of rotatable bonds is 2. The van der Waals surface area contributed by atoms with Crippen molar-refractivity contribution in [1.29, 1.82) is 0 Å². The Morgan fingerprint density at radius 3 is 2.87 bits per heavy atom. The van der Waals surface area contributed by atoms with Gasteiger partial charge in [-0.15, -0.1) is 0 Å².